The van der Waals surface area contributed by atoms with Crippen molar-refractivity contribution in [1.82, 2.24) is 20.1 Å². The predicted octanol–water partition coefficient (Wildman–Crippen LogP) is 5.49. The van der Waals surface area contributed by atoms with Crippen molar-refractivity contribution in [2.45, 2.75) is 19.3 Å². The van der Waals surface area contributed by atoms with Gasteiger partial charge in [0.25, 0.3) is 0 Å². The Hall–Kier alpha value is -4.45. The lowest BCUT2D eigenvalue weighted by Crippen LogP contribution is -2.25. The third kappa shape index (κ3) is 5.55. The number of hydrogen-bond acceptors (Lipinski definition) is 4. The monoisotopic (exact) mass is 462 g/mol. The Morgan fingerprint density at radius 1 is 0.829 bits per heavy atom. The van der Waals surface area contributed by atoms with Crippen LogP contribution in [0.2, 0.25) is 0 Å². The summed E-state index contributed by atoms with van der Waals surface area (Å²) < 4.78 is 7.94. The average Bonchev–Trinajstić information content (AvgIpc) is 3.60. The first-order chi connectivity index (χ1) is 17.3. The number of nitrogens with zero attached hydrogens (tertiary/aromatic N) is 3. The molecule has 0 fully saturated rings. The molecule has 3 aromatic carbocycles. The van der Waals surface area contributed by atoms with Crippen molar-refractivity contribution >= 4 is 5.91 Å². The molecule has 2 heterocycles. The second-order valence-corrected chi connectivity index (χ2v) is 8.23. The van der Waals surface area contributed by atoms with E-state index >= 15 is 0 Å². The zero-order valence-corrected chi connectivity index (χ0v) is 19.3. The number of carbonyl (C=O) groups is 1. The summed E-state index contributed by atoms with van der Waals surface area (Å²) >= 11 is 0. The van der Waals surface area contributed by atoms with Crippen LogP contribution in [0.15, 0.2) is 108 Å². The molecular formula is C29H26N4O2. The average molecular weight is 463 g/mol. The van der Waals surface area contributed by atoms with E-state index in [0.29, 0.717) is 25.3 Å². The van der Waals surface area contributed by atoms with Gasteiger partial charge in [-0.1, -0.05) is 72.8 Å². The fourth-order valence-electron chi connectivity index (χ4n) is 3.94. The van der Waals surface area contributed by atoms with E-state index < -0.39 is 0 Å². The van der Waals surface area contributed by atoms with E-state index in [2.05, 4.69) is 22.5 Å². The molecule has 5 aromatic rings. The number of amides is 1. The van der Waals surface area contributed by atoms with Crippen LogP contribution >= 0.6 is 0 Å². The number of aryl methyl sites for hydroxylation is 1. The fourth-order valence-corrected chi connectivity index (χ4v) is 3.94. The molecule has 6 heteroatoms. The maximum Gasteiger partial charge on any atom is 0.220 e. The van der Waals surface area contributed by atoms with Gasteiger partial charge >= 0.3 is 0 Å². The highest BCUT2D eigenvalue weighted by atomic mass is 16.4. The summed E-state index contributed by atoms with van der Waals surface area (Å²) in [4.78, 5) is 17.2. The topological polar surface area (TPSA) is 73.0 Å². The summed E-state index contributed by atoms with van der Waals surface area (Å²) in [5.74, 6) is 1.27. The summed E-state index contributed by atoms with van der Waals surface area (Å²) in [6.07, 6.45) is 5.19. The molecule has 174 valence electrons. The Bertz CT molecular complexity index is 1300. The van der Waals surface area contributed by atoms with Crippen LogP contribution in [0.25, 0.3) is 28.3 Å². The fraction of sp³-hybridized carbons (Fsp3) is 0.138. The third-order valence-corrected chi connectivity index (χ3v) is 5.76. The van der Waals surface area contributed by atoms with E-state index in [1.807, 2.05) is 89.7 Å². The highest BCUT2D eigenvalue weighted by Gasteiger charge is 2.17. The molecule has 0 saturated carbocycles. The highest BCUT2D eigenvalue weighted by Crippen LogP contribution is 2.32. The summed E-state index contributed by atoms with van der Waals surface area (Å²) in [7, 11) is 0. The quantitative estimate of drug-likeness (QED) is 0.315. The van der Waals surface area contributed by atoms with Gasteiger partial charge in [0.15, 0.2) is 11.7 Å². The van der Waals surface area contributed by atoms with Crippen molar-refractivity contribution in [3.05, 3.63) is 115 Å². The molecule has 5 rings (SSSR count). The summed E-state index contributed by atoms with van der Waals surface area (Å²) in [5, 5.41) is 7.24. The van der Waals surface area contributed by atoms with Crippen molar-refractivity contribution in [3.8, 4) is 28.3 Å². The second kappa shape index (κ2) is 10.7. The van der Waals surface area contributed by atoms with Crippen LogP contribution in [0.4, 0.5) is 0 Å². The number of nitrogens with one attached hydrogen (secondary N) is 1. The van der Waals surface area contributed by atoms with Gasteiger partial charge < -0.3 is 9.73 Å². The van der Waals surface area contributed by atoms with Crippen LogP contribution in [-0.2, 0) is 17.6 Å². The Balaban J connectivity index is 1.17. The predicted molar refractivity (Wildman–Crippen MR) is 136 cm³/mol. The molecule has 1 amide bonds. The molecule has 0 spiro atoms. The number of carbonyl (C=O) groups excluding carboxylic acids is 1. The molecule has 0 atom stereocenters. The van der Waals surface area contributed by atoms with E-state index in [9.17, 15) is 4.79 Å². The standard InChI is InChI=1S/C29H26N4O2/c34-26(30-20-18-22-12-14-25(15-13-22)33-21-7-19-31-33)16-17-27-32-28(23-8-3-1-4-9-23)29(35-27)24-10-5-2-6-11-24/h1-15,19,21H,16-18,20H2,(H,30,34). The van der Waals surface area contributed by atoms with E-state index in [4.69, 9.17) is 9.40 Å². The first-order valence-electron chi connectivity index (χ1n) is 11.7. The summed E-state index contributed by atoms with van der Waals surface area (Å²) in [6.45, 7) is 0.579. The van der Waals surface area contributed by atoms with Gasteiger partial charge in [0.2, 0.25) is 5.91 Å². The van der Waals surface area contributed by atoms with E-state index in [1.165, 1.54) is 0 Å². The molecule has 0 bridgehead atoms. The minimum absolute atomic E-state index is 0.0149. The van der Waals surface area contributed by atoms with E-state index in [1.54, 1.807) is 6.20 Å². The molecule has 1 N–H and O–H groups in total. The Morgan fingerprint density at radius 2 is 1.54 bits per heavy atom. The van der Waals surface area contributed by atoms with Gasteiger partial charge in [0.1, 0.15) is 5.69 Å². The van der Waals surface area contributed by atoms with Crippen molar-refractivity contribution in [3.63, 3.8) is 0 Å². The first kappa shape index (κ1) is 22.3. The van der Waals surface area contributed by atoms with Gasteiger partial charge in [-0.05, 0) is 30.2 Å². The van der Waals surface area contributed by atoms with Crippen LogP contribution in [0.5, 0.6) is 0 Å². The van der Waals surface area contributed by atoms with Crippen LogP contribution in [-0.4, -0.2) is 27.2 Å². The molecule has 2 aromatic heterocycles. The van der Waals surface area contributed by atoms with Gasteiger partial charge in [-0.15, -0.1) is 0 Å². The maximum absolute atomic E-state index is 12.5. The summed E-state index contributed by atoms with van der Waals surface area (Å²) in [5.41, 5.74) is 4.93. The van der Waals surface area contributed by atoms with Gasteiger partial charge in [0.05, 0.1) is 5.69 Å². The van der Waals surface area contributed by atoms with Gasteiger partial charge in [-0.2, -0.15) is 5.10 Å². The van der Waals surface area contributed by atoms with Gasteiger partial charge in [-0.3, -0.25) is 4.79 Å². The first-order valence-corrected chi connectivity index (χ1v) is 11.7. The van der Waals surface area contributed by atoms with E-state index in [0.717, 1.165) is 40.3 Å². The normalized spacial score (nSPS) is 10.9. The minimum atomic E-state index is -0.0149. The molecule has 6 nitrogen and oxygen atoms in total. The molecule has 0 aliphatic rings. The number of oxazole rings is 1. The molecule has 0 unspecified atom stereocenters. The SMILES string of the molecule is O=C(CCc1nc(-c2ccccc2)c(-c2ccccc2)o1)NCCc1ccc(-n2cccn2)cc1. The van der Waals surface area contributed by atoms with Crippen molar-refractivity contribution < 1.29 is 9.21 Å². The van der Waals surface area contributed by atoms with Crippen LogP contribution in [0.3, 0.4) is 0 Å². The highest BCUT2D eigenvalue weighted by molar-refractivity contribution is 5.77. The number of benzene rings is 3. The minimum Gasteiger partial charge on any atom is -0.440 e. The maximum atomic E-state index is 12.5. The van der Waals surface area contributed by atoms with Crippen LogP contribution in [0, 0.1) is 0 Å². The molecular weight excluding hydrogens is 436 g/mol. The Labute approximate surface area is 204 Å². The zero-order valence-electron chi connectivity index (χ0n) is 19.3. The zero-order chi connectivity index (χ0) is 23.9. The number of rotatable bonds is 9. The van der Waals surface area contributed by atoms with Crippen molar-refractivity contribution in [1.29, 1.82) is 0 Å². The Kier molecular flexibility index (Phi) is 6.80. The van der Waals surface area contributed by atoms with Crippen LogP contribution < -0.4 is 5.32 Å². The third-order valence-electron chi connectivity index (χ3n) is 5.76. The molecule has 0 saturated heterocycles. The molecule has 0 aliphatic carbocycles. The lowest BCUT2D eigenvalue weighted by atomic mass is 10.1. The number of aromatic nitrogens is 3. The second-order valence-electron chi connectivity index (χ2n) is 8.23. The largest absolute Gasteiger partial charge is 0.440 e. The van der Waals surface area contributed by atoms with Gasteiger partial charge in [-0.25, -0.2) is 9.67 Å². The number of hydrogen-bond donors (Lipinski definition) is 1. The van der Waals surface area contributed by atoms with Gasteiger partial charge in [0, 0.05) is 42.9 Å². The molecule has 35 heavy (non-hydrogen) atoms. The Morgan fingerprint density at radius 3 is 2.23 bits per heavy atom. The smallest absolute Gasteiger partial charge is 0.220 e. The summed E-state index contributed by atoms with van der Waals surface area (Å²) in [6, 6.07) is 30.0. The molecule has 0 radical (unpaired) electrons. The van der Waals surface area contributed by atoms with Crippen LogP contribution in [0.1, 0.15) is 17.9 Å². The van der Waals surface area contributed by atoms with E-state index in [-0.39, 0.29) is 5.91 Å². The van der Waals surface area contributed by atoms with Crippen molar-refractivity contribution in [2.24, 2.45) is 0 Å². The lowest BCUT2D eigenvalue weighted by molar-refractivity contribution is -0.121. The van der Waals surface area contributed by atoms with Crippen molar-refractivity contribution in [2.75, 3.05) is 6.54 Å². The molecule has 0 aliphatic heterocycles. The lowest BCUT2D eigenvalue weighted by Gasteiger charge is -2.06.